The van der Waals surface area contributed by atoms with Crippen LogP contribution in [0.1, 0.15) is 23.1 Å². The number of amidine groups is 1. The monoisotopic (exact) mass is 425 g/mol. The molecule has 2 aromatic rings. The van der Waals surface area contributed by atoms with E-state index in [-0.39, 0.29) is 18.2 Å². The second-order valence-electron chi connectivity index (χ2n) is 7.29. The summed E-state index contributed by atoms with van der Waals surface area (Å²) < 4.78 is 5.17. The molecule has 1 atom stereocenters. The van der Waals surface area contributed by atoms with Gasteiger partial charge >= 0.3 is 0 Å². The average molecular weight is 426 g/mol. The number of anilines is 1. The number of amides is 2. The standard InChI is InChI=1S/C23H27N3O3S/c1-15-8-5-6-11-18(15)24-20(27)14-19-22(28)26(12-13-29-4)23(30-19)25-21-16(2)9-7-10-17(21)3/h5-11,19H,12-14H2,1-4H3,(H,24,27)/t19-/m0/s1. The Labute approximate surface area is 181 Å². The molecule has 1 aliphatic heterocycles. The fourth-order valence-corrected chi connectivity index (χ4v) is 4.44. The summed E-state index contributed by atoms with van der Waals surface area (Å²) in [6.07, 6.45) is 0.0904. The van der Waals surface area contributed by atoms with E-state index in [1.807, 2.05) is 63.2 Å². The van der Waals surface area contributed by atoms with Crippen molar-refractivity contribution in [3.8, 4) is 0 Å². The van der Waals surface area contributed by atoms with Gasteiger partial charge in [-0.05, 0) is 43.5 Å². The number of rotatable bonds is 7. The Kier molecular flexibility index (Phi) is 7.29. The summed E-state index contributed by atoms with van der Waals surface area (Å²) in [5.41, 5.74) is 4.69. The Morgan fingerprint density at radius 2 is 1.77 bits per heavy atom. The molecule has 1 aliphatic rings. The molecule has 1 N–H and O–H groups in total. The smallest absolute Gasteiger partial charge is 0.242 e. The van der Waals surface area contributed by atoms with Crippen molar-refractivity contribution in [2.24, 2.45) is 4.99 Å². The van der Waals surface area contributed by atoms with Crippen molar-refractivity contribution in [3.05, 3.63) is 59.2 Å². The Hall–Kier alpha value is -2.64. The zero-order valence-corrected chi connectivity index (χ0v) is 18.6. The first-order valence-corrected chi connectivity index (χ1v) is 10.8. The molecule has 0 aromatic heterocycles. The molecule has 0 spiro atoms. The molecule has 0 bridgehead atoms. The fourth-order valence-electron chi connectivity index (χ4n) is 3.27. The first-order valence-electron chi connectivity index (χ1n) is 9.88. The lowest BCUT2D eigenvalue weighted by atomic mass is 10.1. The number of aliphatic imine (C=N–C) groups is 1. The number of ether oxygens (including phenoxy) is 1. The summed E-state index contributed by atoms with van der Waals surface area (Å²) in [5.74, 6) is -0.294. The lowest BCUT2D eigenvalue weighted by Crippen LogP contribution is -2.35. The van der Waals surface area contributed by atoms with E-state index in [0.29, 0.717) is 18.3 Å². The van der Waals surface area contributed by atoms with E-state index < -0.39 is 5.25 Å². The van der Waals surface area contributed by atoms with Gasteiger partial charge < -0.3 is 10.1 Å². The van der Waals surface area contributed by atoms with Crippen LogP contribution in [-0.4, -0.2) is 47.4 Å². The van der Waals surface area contributed by atoms with Crippen LogP contribution >= 0.6 is 11.8 Å². The highest BCUT2D eigenvalue weighted by Gasteiger charge is 2.39. The molecule has 0 unspecified atom stereocenters. The van der Waals surface area contributed by atoms with E-state index in [1.165, 1.54) is 11.8 Å². The summed E-state index contributed by atoms with van der Waals surface area (Å²) in [6, 6.07) is 13.6. The van der Waals surface area contributed by atoms with E-state index >= 15 is 0 Å². The average Bonchev–Trinajstić information content (AvgIpc) is 2.99. The molecule has 0 radical (unpaired) electrons. The van der Waals surface area contributed by atoms with Gasteiger partial charge in [-0.2, -0.15) is 0 Å². The minimum atomic E-state index is -0.506. The van der Waals surface area contributed by atoms with Gasteiger partial charge in [0.15, 0.2) is 5.17 Å². The van der Waals surface area contributed by atoms with Crippen molar-refractivity contribution in [1.82, 2.24) is 4.90 Å². The van der Waals surface area contributed by atoms with Crippen molar-refractivity contribution in [3.63, 3.8) is 0 Å². The van der Waals surface area contributed by atoms with Crippen molar-refractivity contribution >= 4 is 40.1 Å². The highest BCUT2D eigenvalue weighted by molar-refractivity contribution is 8.15. The van der Waals surface area contributed by atoms with E-state index in [9.17, 15) is 9.59 Å². The normalized spacial score (nSPS) is 17.6. The Balaban J connectivity index is 1.80. The lowest BCUT2D eigenvalue weighted by molar-refractivity contribution is -0.128. The molecule has 1 heterocycles. The predicted octanol–water partition coefficient (Wildman–Crippen LogP) is 4.22. The van der Waals surface area contributed by atoms with Crippen molar-refractivity contribution in [1.29, 1.82) is 0 Å². The largest absolute Gasteiger partial charge is 0.383 e. The summed E-state index contributed by atoms with van der Waals surface area (Å²) >= 11 is 1.34. The zero-order valence-electron chi connectivity index (χ0n) is 17.8. The van der Waals surface area contributed by atoms with E-state index in [2.05, 4.69) is 5.32 Å². The Morgan fingerprint density at radius 3 is 2.43 bits per heavy atom. The van der Waals surface area contributed by atoms with Gasteiger partial charge in [-0.15, -0.1) is 0 Å². The topological polar surface area (TPSA) is 71.0 Å². The quantitative estimate of drug-likeness (QED) is 0.721. The predicted molar refractivity (Wildman–Crippen MR) is 122 cm³/mol. The SMILES string of the molecule is COCCN1C(=O)[C@H](CC(=O)Nc2ccccc2C)SC1=Nc1c(C)cccc1C. The van der Waals surface area contributed by atoms with Crippen LogP contribution in [0.3, 0.4) is 0 Å². The van der Waals surface area contributed by atoms with Gasteiger partial charge in [0.1, 0.15) is 5.25 Å². The van der Waals surface area contributed by atoms with Crippen LogP contribution in [0.2, 0.25) is 0 Å². The van der Waals surface area contributed by atoms with Crippen molar-refractivity contribution in [2.45, 2.75) is 32.4 Å². The van der Waals surface area contributed by atoms with Gasteiger partial charge in [0, 0.05) is 19.2 Å². The lowest BCUT2D eigenvalue weighted by Gasteiger charge is -2.16. The number of carbonyl (C=O) groups is 2. The maximum atomic E-state index is 13.0. The van der Waals surface area contributed by atoms with Gasteiger partial charge in [0.25, 0.3) is 0 Å². The first kappa shape index (κ1) is 22.1. The third-order valence-corrected chi connectivity index (χ3v) is 6.15. The zero-order chi connectivity index (χ0) is 21.7. The Bertz CT molecular complexity index is 954. The number of aryl methyl sites for hydroxylation is 3. The van der Waals surface area contributed by atoms with Crippen LogP contribution in [-0.2, 0) is 14.3 Å². The molecular weight excluding hydrogens is 398 g/mol. The summed E-state index contributed by atoms with van der Waals surface area (Å²) in [7, 11) is 1.60. The first-order chi connectivity index (χ1) is 14.4. The Morgan fingerprint density at radius 1 is 1.10 bits per heavy atom. The summed E-state index contributed by atoms with van der Waals surface area (Å²) in [4.78, 5) is 32.1. The molecule has 0 aliphatic carbocycles. The van der Waals surface area contributed by atoms with Gasteiger partial charge in [0.05, 0.1) is 18.8 Å². The molecule has 0 saturated carbocycles. The number of thioether (sulfide) groups is 1. The van der Waals surface area contributed by atoms with E-state index in [4.69, 9.17) is 9.73 Å². The molecule has 1 fully saturated rings. The van der Waals surface area contributed by atoms with Gasteiger partial charge in [0.2, 0.25) is 11.8 Å². The third-order valence-electron chi connectivity index (χ3n) is 4.98. The number of methoxy groups -OCH3 is 1. The van der Waals surface area contributed by atoms with E-state index in [1.54, 1.807) is 12.0 Å². The van der Waals surface area contributed by atoms with Crippen LogP contribution in [0, 0.1) is 20.8 Å². The summed E-state index contributed by atoms with van der Waals surface area (Å²) in [6.45, 7) is 6.75. The number of nitrogens with one attached hydrogen (secondary N) is 1. The number of para-hydroxylation sites is 2. The maximum Gasteiger partial charge on any atom is 0.242 e. The molecule has 2 amide bonds. The third kappa shape index (κ3) is 5.09. The number of hydrogen-bond donors (Lipinski definition) is 1. The molecule has 158 valence electrons. The second kappa shape index (κ2) is 9.91. The maximum absolute atomic E-state index is 13.0. The second-order valence-corrected chi connectivity index (χ2v) is 8.46. The molecular formula is C23H27N3O3S. The van der Waals surface area contributed by atoms with Gasteiger partial charge in [-0.3, -0.25) is 14.5 Å². The highest BCUT2D eigenvalue weighted by atomic mass is 32.2. The summed E-state index contributed by atoms with van der Waals surface area (Å²) in [5, 5.41) is 3.02. The number of carbonyl (C=O) groups excluding carboxylic acids is 2. The fraction of sp³-hybridized carbons (Fsp3) is 0.348. The highest BCUT2D eigenvalue weighted by Crippen LogP contribution is 2.33. The van der Waals surface area contributed by atoms with Crippen LogP contribution < -0.4 is 5.32 Å². The molecule has 2 aromatic carbocycles. The number of hydrogen-bond acceptors (Lipinski definition) is 5. The van der Waals surface area contributed by atoms with Crippen molar-refractivity contribution < 1.29 is 14.3 Å². The molecule has 3 rings (SSSR count). The van der Waals surface area contributed by atoms with Crippen LogP contribution in [0.15, 0.2) is 47.5 Å². The van der Waals surface area contributed by atoms with Gasteiger partial charge in [-0.25, -0.2) is 4.99 Å². The minimum absolute atomic E-state index is 0.0904. The van der Waals surface area contributed by atoms with Crippen molar-refractivity contribution in [2.75, 3.05) is 25.6 Å². The molecule has 7 heteroatoms. The van der Waals surface area contributed by atoms with Gasteiger partial charge in [-0.1, -0.05) is 48.2 Å². The molecule has 30 heavy (non-hydrogen) atoms. The number of benzene rings is 2. The van der Waals surface area contributed by atoms with Crippen LogP contribution in [0.4, 0.5) is 11.4 Å². The molecule has 6 nitrogen and oxygen atoms in total. The van der Waals surface area contributed by atoms with E-state index in [0.717, 1.165) is 28.1 Å². The molecule has 1 saturated heterocycles. The number of nitrogens with zero attached hydrogens (tertiary/aromatic N) is 2. The minimum Gasteiger partial charge on any atom is -0.383 e. The van der Waals surface area contributed by atoms with Crippen LogP contribution in [0.25, 0.3) is 0 Å². The van der Waals surface area contributed by atoms with Crippen LogP contribution in [0.5, 0.6) is 0 Å².